The summed E-state index contributed by atoms with van der Waals surface area (Å²) >= 11 is 0. The van der Waals surface area contributed by atoms with Gasteiger partial charge in [0.1, 0.15) is 5.54 Å². The topological polar surface area (TPSA) is 78.4 Å². The number of hydrazine groups is 1. The third-order valence-electron chi connectivity index (χ3n) is 5.21. The number of nitrogens with one attached hydrogen (secondary N) is 1. The van der Waals surface area contributed by atoms with Crippen molar-refractivity contribution >= 4 is 23.3 Å². The van der Waals surface area contributed by atoms with Gasteiger partial charge in [0.15, 0.2) is 0 Å². The average Bonchev–Trinajstić information content (AvgIpc) is 2.80. The first-order chi connectivity index (χ1) is 13.7. The monoisotopic (exact) mass is 409 g/mol. The van der Waals surface area contributed by atoms with E-state index >= 15 is 0 Å². The number of pyridine rings is 2. The minimum Gasteiger partial charge on any atom is -0.293 e. The Balaban J connectivity index is 1.96. The third kappa shape index (κ3) is 3.88. The molecule has 0 atom stereocenters. The van der Waals surface area contributed by atoms with E-state index in [4.69, 9.17) is 0 Å². The summed E-state index contributed by atoms with van der Waals surface area (Å²) < 4.78 is 0. The number of hydrogen-bond acceptors (Lipinski definition) is 5. The van der Waals surface area contributed by atoms with Gasteiger partial charge in [0.2, 0.25) is 0 Å². The normalized spacial score (nSPS) is 16.9. The van der Waals surface area contributed by atoms with Gasteiger partial charge in [-0.05, 0) is 38.1 Å². The van der Waals surface area contributed by atoms with Gasteiger partial charge in [0.25, 0.3) is 5.91 Å². The first-order valence-corrected chi connectivity index (χ1v) is 10.1. The fourth-order valence-corrected chi connectivity index (χ4v) is 3.22. The maximum Gasteiger partial charge on any atom is 0.351 e. The lowest BCUT2D eigenvalue weighted by Gasteiger charge is -2.29. The summed E-state index contributed by atoms with van der Waals surface area (Å²) in [5.74, 6) is -0.295. The molecule has 1 saturated heterocycles. The van der Waals surface area contributed by atoms with Crippen LogP contribution in [0, 0.1) is 0 Å². The number of amides is 3. The smallest absolute Gasteiger partial charge is 0.293 e. The summed E-state index contributed by atoms with van der Waals surface area (Å²) in [6.45, 7) is 15.8. The molecule has 7 nitrogen and oxygen atoms in total. The van der Waals surface area contributed by atoms with E-state index < -0.39 is 11.6 Å². The molecule has 0 radical (unpaired) electrons. The quantitative estimate of drug-likeness (QED) is 0.747. The highest BCUT2D eigenvalue weighted by Crippen LogP contribution is 2.34. The number of anilines is 2. The molecule has 3 rings (SSSR count). The Morgan fingerprint density at radius 1 is 0.867 bits per heavy atom. The van der Waals surface area contributed by atoms with E-state index in [9.17, 15) is 9.59 Å². The Morgan fingerprint density at radius 2 is 1.40 bits per heavy atom. The van der Waals surface area contributed by atoms with Crippen molar-refractivity contribution in [2.24, 2.45) is 0 Å². The standard InChI is InChI=1S/C23H31N5O2/c1-21(2,3)17-13-15(9-11-24-17)26-28-20(30)27(19(29)23(28,7)8)16-10-12-25-18(14-16)22(4,5)6/h9-14H,1-8H3,(H,24,26). The molecule has 1 N–H and O–H groups in total. The number of carbonyl (C=O) groups excluding carboxylic acids is 2. The molecule has 1 aliphatic rings. The largest absolute Gasteiger partial charge is 0.351 e. The van der Waals surface area contributed by atoms with Gasteiger partial charge < -0.3 is 0 Å². The average molecular weight is 410 g/mol. The molecule has 3 amide bonds. The van der Waals surface area contributed by atoms with Crippen LogP contribution >= 0.6 is 0 Å². The van der Waals surface area contributed by atoms with E-state index in [1.54, 1.807) is 44.4 Å². The van der Waals surface area contributed by atoms with Gasteiger partial charge in [-0.1, -0.05) is 41.5 Å². The van der Waals surface area contributed by atoms with E-state index in [1.165, 1.54) is 9.91 Å². The van der Waals surface area contributed by atoms with Crippen LogP contribution in [0.1, 0.15) is 66.8 Å². The van der Waals surface area contributed by atoms with Gasteiger partial charge in [-0.3, -0.25) is 20.2 Å². The highest BCUT2D eigenvalue weighted by Gasteiger charge is 2.52. The lowest BCUT2D eigenvalue weighted by molar-refractivity contribution is -0.123. The third-order valence-corrected chi connectivity index (χ3v) is 5.21. The van der Waals surface area contributed by atoms with Gasteiger partial charge in [0.05, 0.1) is 11.4 Å². The maximum absolute atomic E-state index is 13.3. The minimum atomic E-state index is -1.06. The van der Waals surface area contributed by atoms with Crippen molar-refractivity contribution in [3.8, 4) is 0 Å². The molecule has 0 saturated carbocycles. The molecule has 7 heteroatoms. The predicted octanol–water partition coefficient (Wildman–Crippen LogP) is 4.65. The van der Waals surface area contributed by atoms with E-state index in [0.717, 1.165) is 11.4 Å². The number of carbonyl (C=O) groups is 2. The lowest BCUT2D eigenvalue weighted by atomic mass is 9.91. The molecule has 0 aliphatic carbocycles. The Bertz CT molecular complexity index is 986. The lowest BCUT2D eigenvalue weighted by Crippen LogP contribution is -2.47. The van der Waals surface area contributed by atoms with Crippen molar-refractivity contribution in [1.29, 1.82) is 0 Å². The van der Waals surface area contributed by atoms with Crippen LogP contribution in [0.25, 0.3) is 0 Å². The summed E-state index contributed by atoms with van der Waals surface area (Å²) in [5, 5.41) is 1.38. The predicted molar refractivity (Wildman–Crippen MR) is 118 cm³/mol. The van der Waals surface area contributed by atoms with Crippen molar-refractivity contribution in [2.75, 3.05) is 10.3 Å². The second-order valence-corrected chi connectivity index (χ2v) is 10.3. The van der Waals surface area contributed by atoms with E-state index in [1.807, 2.05) is 26.8 Å². The maximum atomic E-state index is 13.3. The van der Waals surface area contributed by atoms with Crippen LogP contribution in [-0.4, -0.2) is 32.5 Å². The molecule has 30 heavy (non-hydrogen) atoms. The van der Waals surface area contributed by atoms with Crippen molar-refractivity contribution in [2.45, 2.75) is 71.8 Å². The minimum absolute atomic E-state index is 0.134. The molecule has 0 spiro atoms. The molecule has 2 aromatic heterocycles. The molecule has 3 heterocycles. The van der Waals surface area contributed by atoms with E-state index in [-0.39, 0.29) is 16.7 Å². The Hall–Kier alpha value is -2.96. The van der Waals surface area contributed by atoms with Gasteiger partial charge >= 0.3 is 6.03 Å². The van der Waals surface area contributed by atoms with Crippen LogP contribution in [0.5, 0.6) is 0 Å². The molecular formula is C23H31N5O2. The number of nitrogens with zero attached hydrogens (tertiary/aromatic N) is 4. The number of urea groups is 1. The van der Waals surface area contributed by atoms with Crippen molar-refractivity contribution in [3.05, 3.63) is 48.0 Å². The molecule has 0 bridgehead atoms. The highest BCUT2D eigenvalue weighted by atomic mass is 16.2. The molecule has 0 unspecified atom stereocenters. The van der Waals surface area contributed by atoms with Gasteiger partial charge in [-0.15, -0.1) is 0 Å². The highest BCUT2D eigenvalue weighted by molar-refractivity contribution is 6.23. The van der Waals surface area contributed by atoms with Crippen LogP contribution in [-0.2, 0) is 15.6 Å². The van der Waals surface area contributed by atoms with Crippen LogP contribution < -0.4 is 10.3 Å². The van der Waals surface area contributed by atoms with Gasteiger partial charge in [0, 0.05) is 34.6 Å². The van der Waals surface area contributed by atoms with Crippen LogP contribution in [0.4, 0.5) is 16.2 Å². The van der Waals surface area contributed by atoms with E-state index in [0.29, 0.717) is 11.4 Å². The number of aromatic nitrogens is 2. The fraction of sp³-hybridized carbons (Fsp3) is 0.478. The zero-order chi connectivity index (χ0) is 22.5. The Morgan fingerprint density at radius 3 is 1.97 bits per heavy atom. The summed E-state index contributed by atoms with van der Waals surface area (Å²) in [7, 11) is 0. The summed E-state index contributed by atoms with van der Waals surface area (Å²) in [6, 6.07) is 6.76. The Labute approximate surface area is 178 Å². The number of imide groups is 1. The number of rotatable bonds is 3. The van der Waals surface area contributed by atoms with Gasteiger partial charge in [-0.2, -0.15) is 0 Å². The van der Waals surface area contributed by atoms with E-state index in [2.05, 4.69) is 36.2 Å². The van der Waals surface area contributed by atoms with Crippen LogP contribution in [0.15, 0.2) is 36.7 Å². The zero-order valence-corrected chi connectivity index (χ0v) is 19.1. The van der Waals surface area contributed by atoms with Gasteiger partial charge in [-0.25, -0.2) is 14.7 Å². The Kier molecular flexibility index (Phi) is 5.13. The molecule has 2 aromatic rings. The van der Waals surface area contributed by atoms with Crippen molar-refractivity contribution < 1.29 is 9.59 Å². The molecule has 1 aliphatic heterocycles. The molecule has 0 aromatic carbocycles. The second kappa shape index (κ2) is 7.07. The summed E-state index contributed by atoms with van der Waals surface area (Å²) in [5.41, 5.74) is 4.67. The summed E-state index contributed by atoms with van der Waals surface area (Å²) in [6.07, 6.45) is 3.34. The molecule has 1 fully saturated rings. The molecule has 160 valence electrons. The SMILES string of the molecule is CC(C)(C)c1cc(NN2C(=O)N(c3ccnc(C(C)(C)C)c3)C(=O)C2(C)C)ccn1. The second-order valence-electron chi connectivity index (χ2n) is 10.3. The zero-order valence-electron chi connectivity index (χ0n) is 19.1. The van der Waals surface area contributed by atoms with Crippen molar-refractivity contribution in [1.82, 2.24) is 15.0 Å². The molecular weight excluding hydrogens is 378 g/mol. The van der Waals surface area contributed by atoms with Crippen molar-refractivity contribution in [3.63, 3.8) is 0 Å². The van der Waals surface area contributed by atoms with Crippen LogP contribution in [0.3, 0.4) is 0 Å². The summed E-state index contributed by atoms with van der Waals surface area (Å²) in [4.78, 5) is 36.6. The fourth-order valence-electron chi connectivity index (χ4n) is 3.22. The first-order valence-electron chi connectivity index (χ1n) is 10.1. The van der Waals surface area contributed by atoms with Crippen LogP contribution in [0.2, 0.25) is 0 Å². The number of hydrogen-bond donors (Lipinski definition) is 1. The first kappa shape index (κ1) is 21.7.